The number of anilines is 1. The molecular formula is C19H29N3O2S. The van der Waals surface area contributed by atoms with E-state index in [-0.39, 0.29) is 5.97 Å². The molecule has 1 fully saturated rings. The number of nitrogens with one attached hydrogen (secondary N) is 2. The molecule has 2 rings (SSSR count). The minimum absolute atomic E-state index is 0.314. The standard InChI is InChI=1S/C19H29N3O2S/c1-3-24-18(23)16-9-8-15(2)17(14-16)21-19(25)20-10-7-13-22-11-5-4-6-12-22/h8-9,14H,3-7,10-13H2,1-2H3,(H2,20,21,25). The van der Waals surface area contributed by atoms with Crippen LogP contribution in [0, 0.1) is 6.92 Å². The second-order valence-corrected chi connectivity index (χ2v) is 6.80. The van der Waals surface area contributed by atoms with Gasteiger partial charge in [-0.3, -0.25) is 0 Å². The fraction of sp³-hybridized carbons (Fsp3) is 0.579. The van der Waals surface area contributed by atoms with Gasteiger partial charge in [0, 0.05) is 12.2 Å². The van der Waals surface area contributed by atoms with Gasteiger partial charge in [-0.15, -0.1) is 0 Å². The summed E-state index contributed by atoms with van der Waals surface area (Å²) in [5, 5.41) is 7.02. The van der Waals surface area contributed by atoms with Crippen LogP contribution in [0.4, 0.5) is 5.69 Å². The zero-order chi connectivity index (χ0) is 18.1. The van der Waals surface area contributed by atoms with E-state index >= 15 is 0 Å². The number of piperidine rings is 1. The summed E-state index contributed by atoms with van der Waals surface area (Å²) in [5.41, 5.74) is 2.40. The lowest BCUT2D eigenvalue weighted by Gasteiger charge is -2.26. The van der Waals surface area contributed by atoms with Gasteiger partial charge in [0.2, 0.25) is 0 Å². The molecular weight excluding hydrogens is 334 g/mol. The number of nitrogens with zero attached hydrogens (tertiary/aromatic N) is 1. The Morgan fingerprint density at radius 3 is 2.76 bits per heavy atom. The third kappa shape index (κ3) is 6.63. The zero-order valence-corrected chi connectivity index (χ0v) is 16.1. The third-order valence-electron chi connectivity index (χ3n) is 4.38. The van der Waals surface area contributed by atoms with Crippen molar-refractivity contribution >= 4 is 29.0 Å². The molecule has 0 atom stereocenters. The number of carbonyl (C=O) groups excluding carboxylic acids is 1. The summed E-state index contributed by atoms with van der Waals surface area (Å²) < 4.78 is 5.05. The highest BCUT2D eigenvalue weighted by molar-refractivity contribution is 7.80. The van der Waals surface area contributed by atoms with Crippen molar-refractivity contribution in [1.82, 2.24) is 10.2 Å². The largest absolute Gasteiger partial charge is 0.462 e. The normalized spacial score (nSPS) is 14.8. The monoisotopic (exact) mass is 363 g/mol. The summed E-state index contributed by atoms with van der Waals surface area (Å²) in [6.45, 7) is 8.56. The van der Waals surface area contributed by atoms with Crippen molar-refractivity contribution in [3.8, 4) is 0 Å². The first-order valence-corrected chi connectivity index (χ1v) is 9.56. The average Bonchev–Trinajstić information content (AvgIpc) is 2.62. The van der Waals surface area contributed by atoms with Crippen molar-refractivity contribution in [2.75, 3.05) is 38.1 Å². The molecule has 2 N–H and O–H groups in total. The maximum atomic E-state index is 11.9. The van der Waals surface area contributed by atoms with Crippen molar-refractivity contribution in [2.45, 2.75) is 39.5 Å². The van der Waals surface area contributed by atoms with Crippen molar-refractivity contribution in [2.24, 2.45) is 0 Å². The lowest BCUT2D eigenvalue weighted by atomic mass is 10.1. The molecule has 0 aromatic heterocycles. The molecule has 6 heteroatoms. The second-order valence-electron chi connectivity index (χ2n) is 6.39. The average molecular weight is 364 g/mol. The summed E-state index contributed by atoms with van der Waals surface area (Å²) in [6.07, 6.45) is 5.09. The van der Waals surface area contributed by atoms with Gasteiger partial charge in [0.15, 0.2) is 5.11 Å². The van der Waals surface area contributed by atoms with Gasteiger partial charge >= 0.3 is 5.97 Å². The molecule has 0 amide bonds. The number of benzene rings is 1. The molecule has 25 heavy (non-hydrogen) atoms. The van der Waals surface area contributed by atoms with Gasteiger partial charge in [0.25, 0.3) is 0 Å². The van der Waals surface area contributed by atoms with E-state index < -0.39 is 0 Å². The van der Waals surface area contributed by atoms with Crippen LogP contribution in [0.5, 0.6) is 0 Å². The predicted molar refractivity (Wildman–Crippen MR) is 106 cm³/mol. The molecule has 1 saturated heterocycles. The highest BCUT2D eigenvalue weighted by atomic mass is 32.1. The fourth-order valence-corrected chi connectivity index (χ4v) is 3.16. The molecule has 0 aliphatic carbocycles. The van der Waals surface area contributed by atoms with Crippen LogP contribution in [0.2, 0.25) is 0 Å². The highest BCUT2D eigenvalue weighted by Crippen LogP contribution is 2.17. The van der Waals surface area contributed by atoms with Crippen LogP contribution in [-0.4, -0.2) is 48.8 Å². The summed E-state index contributed by atoms with van der Waals surface area (Å²) in [4.78, 5) is 14.4. The topological polar surface area (TPSA) is 53.6 Å². The van der Waals surface area contributed by atoms with Gasteiger partial charge in [-0.1, -0.05) is 12.5 Å². The predicted octanol–water partition coefficient (Wildman–Crippen LogP) is 3.33. The van der Waals surface area contributed by atoms with Crippen LogP contribution in [0.15, 0.2) is 18.2 Å². The van der Waals surface area contributed by atoms with Crippen molar-refractivity contribution in [3.63, 3.8) is 0 Å². The zero-order valence-electron chi connectivity index (χ0n) is 15.3. The van der Waals surface area contributed by atoms with Gasteiger partial charge in [0.1, 0.15) is 0 Å². The van der Waals surface area contributed by atoms with E-state index in [2.05, 4.69) is 15.5 Å². The number of thiocarbonyl (C=S) groups is 1. The van der Waals surface area contributed by atoms with E-state index in [1.807, 2.05) is 13.0 Å². The van der Waals surface area contributed by atoms with Crippen LogP contribution in [0.3, 0.4) is 0 Å². The lowest BCUT2D eigenvalue weighted by molar-refractivity contribution is 0.0526. The first-order chi connectivity index (χ1) is 12.1. The number of hydrogen-bond donors (Lipinski definition) is 2. The maximum absolute atomic E-state index is 11.9. The SMILES string of the molecule is CCOC(=O)c1ccc(C)c(NC(=S)NCCCN2CCCCC2)c1. The first kappa shape index (κ1) is 19.7. The van der Waals surface area contributed by atoms with Gasteiger partial charge < -0.3 is 20.3 Å². The number of aryl methyl sites for hydroxylation is 1. The minimum atomic E-state index is -0.314. The molecule has 0 saturated carbocycles. The van der Waals surface area contributed by atoms with E-state index in [1.54, 1.807) is 19.1 Å². The maximum Gasteiger partial charge on any atom is 0.338 e. The van der Waals surface area contributed by atoms with Crippen LogP contribution >= 0.6 is 12.2 Å². The number of ether oxygens (including phenoxy) is 1. The van der Waals surface area contributed by atoms with E-state index in [0.29, 0.717) is 17.3 Å². The van der Waals surface area contributed by atoms with Crippen LogP contribution in [-0.2, 0) is 4.74 Å². The molecule has 1 aromatic carbocycles. The molecule has 0 spiro atoms. The fourth-order valence-electron chi connectivity index (χ4n) is 2.95. The summed E-state index contributed by atoms with van der Waals surface area (Å²) in [5.74, 6) is -0.314. The first-order valence-electron chi connectivity index (χ1n) is 9.15. The smallest absolute Gasteiger partial charge is 0.338 e. The second kappa shape index (κ2) is 10.4. The Labute approximate surface area is 156 Å². The number of rotatable bonds is 7. The molecule has 5 nitrogen and oxygen atoms in total. The van der Waals surface area contributed by atoms with Gasteiger partial charge in [0.05, 0.1) is 12.2 Å². The van der Waals surface area contributed by atoms with Crippen LogP contribution < -0.4 is 10.6 Å². The molecule has 1 aliphatic rings. The minimum Gasteiger partial charge on any atom is -0.462 e. The lowest BCUT2D eigenvalue weighted by Crippen LogP contribution is -2.34. The van der Waals surface area contributed by atoms with Gasteiger partial charge in [-0.05, 0) is 82.7 Å². The number of hydrogen-bond acceptors (Lipinski definition) is 4. The molecule has 0 unspecified atom stereocenters. The van der Waals surface area contributed by atoms with Crippen molar-refractivity contribution < 1.29 is 9.53 Å². The quantitative estimate of drug-likeness (QED) is 0.440. The Morgan fingerprint density at radius 2 is 2.04 bits per heavy atom. The van der Waals surface area contributed by atoms with E-state index in [4.69, 9.17) is 17.0 Å². The molecule has 1 heterocycles. The van der Waals surface area contributed by atoms with Crippen LogP contribution in [0.1, 0.15) is 48.5 Å². The number of likely N-dealkylation sites (tertiary alicyclic amines) is 1. The summed E-state index contributed by atoms with van der Waals surface area (Å²) >= 11 is 5.37. The Bertz CT molecular complexity index is 586. The van der Waals surface area contributed by atoms with E-state index in [1.165, 1.54) is 32.4 Å². The Kier molecular flexibility index (Phi) is 8.15. The molecule has 0 radical (unpaired) electrons. The third-order valence-corrected chi connectivity index (χ3v) is 4.63. The van der Waals surface area contributed by atoms with Crippen molar-refractivity contribution in [1.29, 1.82) is 0 Å². The molecule has 0 bridgehead atoms. The molecule has 1 aliphatic heterocycles. The number of esters is 1. The van der Waals surface area contributed by atoms with Crippen LogP contribution in [0.25, 0.3) is 0 Å². The molecule has 1 aromatic rings. The molecule has 138 valence electrons. The number of carbonyl (C=O) groups is 1. The van der Waals surface area contributed by atoms with E-state index in [0.717, 1.165) is 30.8 Å². The van der Waals surface area contributed by atoms with E-state index in [9.17, 15) is 4.79 Å². The Hall–Kier alpha value is -1.66. The van der Waals surface area contributed by atoms with Gasteiger partial charge in [-0.2, -0.15) is 0 Å². The van der Waals surface area contributed by atoms with Crippen molar-refractivity contribution in [3.05, 3.63) is 29.3 Å². The highest BCUT2D eigenvalue weighted by Gasteiger charge is 2.11. The summed E-state index contributed by atoms with van der Waals surface area (Å²) in [6, 6.07) is 5.45. The summed E-state index contributed by atoms with van der Waals surface area (Å²) in [7, 11) is 0. The van der Waals surface area contributed by atoms with Gasteiger partial charge in [-0.25, -0.2) is 4.79 Å². The Morgan fingerprint density at radius 1 is 1.28 bits per heavy atom. The Balaban J connectivity index is 1.77.